The van der Waals surface area contributed by atoms with Crippen LogP contribution in [-0.2, 0) is 16.1 Å². The van der Waals surface area contributed by atoms with Gasteiger partial charge in [-0.15, -0.1) is 6.58 Å². The summed E-state index contributed by atoms with van der Waals surface area (Å²) in [4.78, 5) is 36.0. The number of rotatable bonds is 9. The van der Waals surface area contributed by atoms with Gasteiger partial charge in [-0.3, -0.25) is 19.7 Å². The lowest BCUT2D eigenvalue weighted by Gasteiger charge is -2.22. The largest absolute Gasteiger partial charge is 0.346 e. The minimum Gasteiger partial charge on any atom is -0.346 e. The fourth-order valence-electron chi connectivity index (χ4n) is 2.09. The van der Waals surface area contributed by atoms with Crippen molar-refractivity contribution in [1.82, 2.24) is 10.2 Å². The molecule has 0 aliphatic rings. The van der Waals surface area contributed by atoms with Crippen LogP contribution in [0.15, 0.2) is 36.9 Å². The number of benzene rings is 1. The maximum atomic E-state index is 12.3. The van der Waals surface area contributed by atoms with Crippen molar-refractivity contribution >= 4 is 17.5 Å². The molecule has 0 aliphatic carbocycles. The molecule has 3 N–H and O–H groups in total. The van der Waals surface area contributed by atoms with Gasteiger partial charge in [-0.2, -0.15) is 0 Å². The molecular formula is C17H24N4O4. The number of hydrogen-bond acceptors (Lipinski definition) is 5. The van der Waals surface area contributed by atoms with Crippen molar-refractivity contribution in [3.05, 3.63) is 52.6 Å². The number of carbonyl (C=O) groups excluding carboxylic acids is 2. The predicted molar refractivity (Wildman–Crippen MR) is 94.5 cm³/mol. The van der Waals surface area contributed by atoms with Gasteiger partial charge in [0.2, 0.25) is 11.8 Å². The molecular weight excluding hydrogens is 324 g/mol. The first-order valence-electron chi connectivity index (χ1n) is 7.91. The second-order valence-corrected chi connectivity index (χ2v) is 5.98. The number of amides is 2. The highest BCUT2D eigenvalue weighted by molar-refractivity contribution is 5.87. The van der Waals surface area contributed by atoms with Gasteiger partial charge in [-0.1, -0.05) is 32.1 Å². The molecule has 0 saturated heterocycles. The minimum absolute atomic E-state index is 0.0377. The van der Waals surface area contributed by atoms with Crippen LogP contribution in [0.5, 0.6) is 0 Å². The molecule has 25 heavy (non-hydrogen) atoms. The number of nitrogens with two attached hydrogens (primary N) is 1. The van der Waals surface area contributed by atoms with E-state index >= 15 is 0 Å². The molecule has 8 nitrogen and oxygen atoms in total. The van der Waals surface area contributed by atoms with Crippen LogP contribution < -0.4 is 11.1 Å². The number of hydrogen-bond donors (Lipinski definition) is 2. The molecule has 8 heteroatoms. The fraction of sp³-hybridized carbons (Fsp3) is 0.412. The van der Waals surface area contributed by atoms with E-state index in [0.29, 0.717) is 5.56 Å². The Morgan fingerprint density at radius 2 is 2.12 bits per heavy atom. The van der Waals surface area contributed by atoms with Crippen LogP contribution in [-0.4, -0.2) is 40.8 Å². The van der Waals surface area contributed by atoms with Gasteiger partial charge in [0.05, 0.1) is 17.5 Å². The smallest absolute Gasteiger partial charge is 0.269 e. The van der Waals surface area contributed by atoms with E-state index < -0.39 is 16.9 Å². The normalized spacial score (nSPS) is 11.7. The van der Waals surface area contributed by atoms with Gasteiger partial charge in [0.1, 0.15) is 0 Å². The van der Waals surface area contributed by atoms with Crippen LogP contribution in [0.2, 0.25) is 0 Å². The molecule has 1 rings (SSSR count). The van der Waals surface area contributed by atoms with Crippen molar-refractivity contribution < 1.29 is 14.5 Å². The SMILES string of the molecule is C=CCN(Cc1cccc([N+](=O)[O-])c1)C(=O)CNC(=O)[C@@H](N)C(C)C. The standard InChI is InChI=1S/C17H24N4O4/c1-4-8-20(11-13-6-5-7-14(9-13)21(24)25)15(22)10-19-17(23)16(18)12(2)3/h4-7,9,12,16H,1,8,10-11,18H2,2-3H3,(H,19,23)/t16-/m0/s1. The van der Waals surface area contributed by atoms with Gasteiger partial charge >= 0.3 is 0 Å². The molecule has 0 unspecified atom stereocenters. The summed E-state index contributed by atoms with van der Waals surface area (Å²) >= 11 is 0. The van der Waals surface area contributed by atoms with Crippen molar-refractivity contribution in [2.24, 2.45) is 11.7 Å². The van der Waals surface area contributed by atoms with E-state index in [4.69, 9.17) is 5.73 Å². The third-order valence-corrected chi connectivity index (χ3v) is 3.63. The summed E-state index contributed by atoms with van der Waals surface area (Å²) in [6.07, 6.45) is 1.55. The van der Waals surface area contributed by atoms with Crippen LogP contribution >= 0.6 is 0 Å². The Bertz CT molecular complexity index is 645. The van der Waals surface area contributed by atoms with Crippen molar-refractivity contribution in [2.45, 2.75) is 26.4 Å². The lowest BCUT2D eigenvalue weighted by Crippen LogP contribution is -2.47. The monoisotopic (exact) mass is 348 g/mol. The van der Waals surface area contributed by atoms with Crippen molar-refractivity contribution in [2.75, 3.05) is 13.1 Å². The van der Waals surface area contributed by atoms with Gasteiger partial charge in [-0.05, 0) is 11.5 Å². The Labute approximate surface area is 146 Å². The Morgan fingerprint density at radius 3 is 2.68 bits per heavy atom. The third-order valence-electron chi connectivity index (χ3n) is 3.63. The molecule has 0 radical (unpaired) electrons. The van der Waals surface area contributed by atoms with Gasteiger partial charge in [0.15, 0.2) is 0 Å². The van der Waals surface area contributed by atoms with E-state index in [-0.39, 0.29) is 37.1 Å². The Hall–Kier alpha value is -2.74. The second kappa shape index (κ2) is 9.53. The van der Waals surface area contributed by atoms with Crippen LogP contribution in [0.4, 0.5) is 5.69 Å². The number of nitro groups is 1. The van der Waals surface area contributed by atoms with E-state index in [1.54, 1.807) is 18.2 Å². The first kappa shape index (κ1) is 20.3. The number of nitrogens with one attached hydrogen (secondary N) is 1. The highest BCUT2D eigenvalue weighted by Gasteiger charge is 2.20. The van der Waals surface area contributed by atoms with Crippen LogP contribution in [0.25, 0.3) is 0 Å². The first-order chi connectivity index (χ1) is 11.8. The van der Waals surface area contributed by atoms with E-state index in [9.17, 15) is 19.7 Å². The first-order valence-corrected chi connectivity index (χ1v) is 7.91. The molecule has 1 aromatic carbocycles. The molecule has 136 valence electrons. The summed E-state index contributed by atoms with van der Waals surface area (Å²) in [5.41, 5.74) is 6.31. The number of non-ortho nitro benzene ring substituents is 1. The van der Waals surface area contributed by atoms with E-state index in [2.05, 4.69) is 11.9 Å². The van der Waals surface area contributed by atoms with Gasteiger partial charge in [0.25, 0.3) is 5.69 Å². The van der Waals surface area contributed by atoms with Crippen LogP contribution in [0.1, 0.15) is 19.4 Å². The molecule has 0 spiro atoms. The number of nitro benzene ring substituents is 1. The maximum absolute atomic E-state index is 12.3. The zero-order chi connectivity index (χ0) is 19.0. The Kier molecular flexibility index (Phi) is 7.74. The van der Waals surface area contributed by atoms with Crippen LogP contribution in [0, 0.1) is 16.0 Å². The minimum atomic E-state index is -0.683. The summed E-state index contributed by atoms with van der Waals surface area (Å²) < 4.78 is 0. The van der Waals surface area contributed by atoms with E-state index in [1.807, 2.05) is 13.8 Å². The van der Waals surface area contributed by atoms with Crippen molar-refractivity contribution in [3.8, 4) is 0 Å². The van der Waals surface area contributed by atoms with Gasteiger partial charge < -0.3 is 16.0 Å². The molecule has 0 heterocycles. The second-order valence-electron chi connectivity index (χ2n) is 5.98. The molecule has 0 fully saturated rings. The maximum Gasteiger partial charge on any atom is 0.269 e. The Balaban J connectivity index is 2.74. The molecule has 0 saturated carbocycles. The summed E-state index contributed by atoms with van der Waals surface area (Å²) in [5, 5.41) is 13.4. The zero-order valence-corrected chi connectivity index (χ0v) is 14.5. The molecule has 0 bridgehead atoms. The van der Waals surface area contributed by atoms with Gasteiger partial charge in [0, 0.05) is 25.2 Å². The number of nitrogens with zero attached hydrogens (tertiary/aromatic N) is 2. The highest BCUT2D eigenvalue weighted by atomic mass is 16.6. The van der Waals surface area contributed by atoms with Crippen LogP contribution in [0.3, 0.4) is 0 Å². The lowest BCUT2D eigenvalue weighted by atomic mass is 10.1. The average Bonchev–Trinajstić information content (AvgIpc) is 2.58. The number of carbonyl (C=O) groups is 2. The zero-order valence-electron chi connectivity index (χ0n) is 14.5. The summed E-state index contributed by atoms with van der Waals surface area (Å²) in [6.45, 7) is 7.49. The molecule has 0 aromatic heterocycles. The van der Waals surface area contributed by atoms with Crippen molar-refractivity contribution in [3.63, 3.8) is 0 Å². The predicted octanol–water partition coefficient (Wildman–Crippen LogP) is 1.21. The van der Waals surface area contributed by atoms with E-state index in [0.717, 1.165) is 0 Å². The van der Waals surface area contributed by atoms with E-state index in [1.165, 1.54) is 17.0 Å². The topological polar surface area (TPSA) is 119 Å². The molecule has 1 atom stereocenters. The summed E-state index contributed by atoms with van der Waals surface area (Å²) in [7, 11) is 0. The van der Waals surface area contributed by atoms with Gasteiger partial charge in [-0.25, -0.2) is 0 Å². The average molecular weight is 348 g/mol. The lowest BCUT2D eigenvalue weighted by molar-refractivity contribution is -0.384. The quantitative estimate of drug-likeness (QED) is 0.395. The summed E-state index contributed by atoms with van der Waals surface area (Å²) in [5.74, 6) is -0.753. The molecule has 2 amide bonds. The fourth-order valence-corrected chi connectivity index (χ4v) is 2.09. The third kappa shape index (κ3) is 6.34. The van der Waals surface area contributed by atoms with Crippen molar-refractivity contribution in [1.29, 1.82) is 0 Å². The molecule has 1 aromatic rings. The Morgan fingerprint density at radius 1 is 1.44 bits per heavy atom. The molecule has 0 aliphatic heterocycles. The highest BCUT2D eigenvalue weighted by Crippen LogP contribution is 2.15. The summed E-state index contributed by atoms with van der Waals surface area (Å²) in [6, 6.07) is 5.38.